The van der Waals surface area contributed by atoms with E-state index in [1.807, 2.05) is 19.9 Å². The number of likely N-dealkylation sites (tertiary alicyclic amines) is 1. The van der Waals surface area contributed by atoms with Crippen LogP contribution in [0.3, 0.4) is 0 Å². The van der Waals surface area contributed by atoms with Crippen molar-refractivity contribution in [1.29, 1.82) is 0 Å². The standard InChI is InChI=1S/C22H36N6O3/c1-3-23-19-14-20(25-16-24-19)28-11-5-6-17(15-28)7-8-21(29)26-18-9-12-27(13-10-18)22(30)31-4-2/h14,16-18H,3-13,15H2,1-2H3,(H,26,29)(H,23,24,25). The first-order valence-electron chi connectivity index (χ1n) is 11.6. The second-order valence-electron chi connectivity index (χ2n) is 8.31. The van der Waals surface area contributed by atoms with E-state index in [0.29, 0.717) is 32.0 Å². The molecule has 0 saturated carbocycles. The molecule has 1 aromatic rings. The number of piperidine rings is 2. The summed E-state index contributed by atoms with van der Waals surface area (Å²) in [4.78, 5) is 37.0. The Labute approximate surface area is 184 Å². The van der Waals surface area contributed by atoms with E-state index in [1.165, 1.54) is 0 Å². The van der Waals surface area contributed by atoms with Crippen molar-refractivity contribution in [1.82, 2.24) is 20.2 Å². The van der Waals surface area contributed by atoms with Crippen molar-refractivity contribution in [2.75, 3.05) is 49.5 Å². The molecule has 1 atom stereocenters. The van der Waals surface area contributed by atoms with Gasteiger partial charge in [-0.1, -0.05) is 0 Å². The minimum atomic E-state index is -0.254. The molecule has 1 unspecified atom stereocenters. The third kappa shape index (κ3) is 6.97. The lowest BCUT2D eigenvalue weighted by molar-refractivity contribution is -0.122. The Morgan fingerprint density at radius 2 is 1.97 bits per heavy atom. The zero-order chi connectivity index (χ0) is 22.1. The fourth-order valence-electron chi connectivity index (χ4n) is 4.36. The van der Waals surface area contributed by atoms with Crippen LogP contribution in [0.5, 0.6) is 0 Å². The van der Waals surface area contributed by atoms with Crippen LogP contribution in [-0.4, -0.2) is 72.2 Å². The zero-order valence-electron chi connectivity index (χ0n) is 18.8. The molecule has 2 N–H and O–H groups in total. The highest BCUT2D eigenvalue weighted by molar-refractivity contribution is 5.76. The minimum absolute atomic E-state index is 0.114. The van der Waals surface area contributed by atoms with Crippen molar-refractivity contribution in [3.63, 3.8) is 0 Å². The molecule has 2 saturated heterocycles. The first kappa shape index (κ1) is 23.1. The molecule has 172 valence electrons. The van der Waals surface area contributed by atoms with Crippen LogP contribution in [0.15, 0.2) is 12.4 Å². The Morgan fingerprint density at radius 1 is 1.16 bits per heavy atom. The van der Waals surface area contributed by atoms with Gasteiger partial charge in [-0.3, -0.25) is 4.79 Å². The molecular formula is C22H36N6O3. The number of anilines is 2. The van der Waals surface area contributed by atoms with Crippen LogP contribution in [0.4, 0.5) is 16.4 Å². The maximum absolute atomic E-state index is 12.5. The van der Waals surface area contributed by atoms with Crippen LogP contribution in [0, 0.1) is 5.92 Å². The smallest absolute Gasteiger partial charge is 0.409 e. The Bertz CT molecular complexity index is 723. The first-order valence-corrected chi connectivity index (χ1v) is 11.6. The molecule has 31 heavy (non-hydrogen) atoms. The molecular weight excluding hydrogens is 396 g/mol. The molecule has 0 spiro atoms. The second-order valence-corrected chi connectivity index (χ2v) is 8.31. The van der Waals surface area contributed by atoms with Crippen molar-refractivity contribution in [3.05, 3.63) is 12.4 Å². The lowest BCUT2D eigenvalue weighted by Crippen LogP contribution is -2.46. The van der Waals surface area contributed by atoms with Gasteiger partial charge in [0, 0.05) is 51.3 Å². The van der Waals surface area contributed by atoms with Crippen LogP contribution < -0.4 is 15.5 Å². The van der Waals surface area contributed by atoms with Gasteiger partial charge in [0.1, 0.15) is 18.0 Å². The predicted molar refractivity (Wildman–Crippen MR) is 120 cm³/mol. The first-order chi connectivity index (χ1) is 15.1. The maximum Gasteiger partial charge on any atom is 0.409 e. The summed E-state index contributed by atoms with van der Waals surface area (Å²) < 4.78 is 5.05. The van der Waals surface area contributed by atoms with Gasteiger partial charge in [0.05, 0.1) is 6.61 Å². The number of carbonyl (C=O) groups excluding carboxylic acids is 2. The van der Waals surface area contributed by atoms with Gasteiger partial charge in [-0.05, 0) is 51.9 Å². The average Bonchev–Trinajstić information content (AvgIpc) is 2.79. The molecule has 1 aromatic heterocycles. The van der Waals surface area contributed by atoms with Crippen LogP contribution in [0.1, 0.15) is 52.4 Å². The summed E-state index contributed by atoms with van der Waals surface area (Å²) in [7, 11) is 0. The number of hydrogen-bond acceptors (Lipinski definition) is 7. The number of amides is 2. The molecule has 2 fully saturated rings. The SMILES string of the molecule is CCNc1cc(N2CCCC(CCC(=O)NC3CCN(C(=O)OCC)CC3)C2)ncn1. The van der Waals surface area contributed by atoms with E-state index >= 15 is 0 Å². The molecule has 3 heterocycles. The van der Waals surface area contributed by atoms with Crippen molar-refractivity contribution in [3.8, 4) is 0 Å². The summed E-state index contributed by atoms with van der Waals surface area (Å²) in [5.74, 6) is 2.40. The molecule has 9 nitrogen and oxygen atoms in total. The summed E-state index contributed by atoms with van der Waals surface area (Å²) in [6.45, 7) is 8.26. The summed E-state index contributed by atoms with van der Waals surface area (Å²) in [5.41, 5.74) is 0. The Balaban J connectivity index is 1.39. The van der Waals surface area contributed by atoms with Gasteiger partial charge in [-0.2, -0.15) is 0 Å². The molecule has 0 aromatic carbocycles. The normalized spacial score (nSPS) is 19.7. The van der Waals surface area contributed by atoms with E-state index in [9.17, 15) is 9.59 Å². The molecule has 3 rings (SSSR count). The molecule has 2 aliphatic heterocycles. The van der Waals surface area contributed by atoms with Gasteiger partial charge in [-0.15, -0.1) is 0 Å². The second kappa shape index (κ2) is 11.7. The number of carbonyl (C=O) groups is 2. The largest absolute Gasteiger partial charge is 0.450 e. The average molecular weight is 433 g/mol. The number of rotatable bonds is 8. The van der Waals surface area contributed by atoms with Gasteiger partial charge in [0.2, 0.25) is 5.91 Å². The van der Waals surface area contributed by atoms with Gasteiger partial charge in [-0.25, -0.2) is 14.8 Å². The monoisotopic (exact) mass is 432 g/mol. The number of nitrogens with zero attached hydrogens (tertiary/aromatic N) is 4. The van der Waals surface area contributed by atoms with Gasteiger partial charge in [0.25, 0.3) is 0 Å². The highest BCUT2D eigenvalue weighted by atomic mass is 16.6. The molecule has 0 bridgehead atoms. The van der Waals surface area contributed by atoms with Gasteiger partial charge in [0.15, 0.2) is 0 Å². The van der Waals surface area contributed by atoms with Crippen LogP contribution in [0.25, 0.3) is 0 Å². The lowest BCUT2D eigenvalue weighted by Gasteiger charge is -2.34. The highest BCUT2D eigenvalue weighted by Crippen LogP contribution is 2.25. The third-order valence-corrected chi connectivity index (χ3v) is 6.02. The number of hydrogen-bond donors (Lipinski definition) is 2. The summed E-state index contributed by atoms with van der Waals surface area (Å²) in [5, 5.41) is 6.39. The van der Waals surface area contributed by atoms with E-state index in [4.69, 9.17) is 4.74 Å². The summed E-state index contributed by atoms with van der Waals surface area (Å²) >= 11 is 0. The fraction of sp³-hybridized carbons (Fsp3) is 0.727. The Hall–Kier alpha value is -2.58. The third-order valence-electron chi connectivity index (χ3n) is 6.02. The van der Waals surface area contributed by atoms with Crippen molar-refractivity contribution in [2.45, 2.75) is 58.4 Å². The van der Waals surface area contributed by atoms with Crippen LogP contribution in [0.2, 0.25) is 0 Å². The minimum Gasteiger partial charge on any atom is -0.450 e. The van der Waals surface area contributed by atoms with E-state index in [-0.39, 0.29) is 18.0 Å². The lowest BCUT2D eigenvalue weighted by atomic mass is 9.93. The Kier molecular flexibility index (Phi) is 8.73. The van der Waals surface area contributed by atoms with E-state index < -0.39 is 0 Å². The Morgan fingerprint density at radius 3 is 2.71 bits per heavy atom. The number of ether oxygens (including phenoxy) is 1. The highest BCUT2D eigenvalue weighted by Gasteiger charge is 2.26. The number of aromatic nitrogens is 2. The van der Waals surface area contributed by atoms with Crippen molar-refractivity contribution in [2.24, 2.45) is 5.92 Å². The summed E-state index contributed by atoms with van der Waals surface area (Å²) in [6, 6.07) is 2.15. The predicted octanol–water partition coefficient (Wildman–Crippen LogP) is 2.64. The molecule has 0 radical (unpaired) electrons. The fourth-order valence-corrected chi connectivity index (χ4v) is 4.36. The number of nitrogens with one attached hydrogen (secondary N) is 2. The summed E-state index contributed by atoms with van der Waals surface area (Å²) in [6.07, 6.45) is 6.60. The van der Waals surface area contributed by atoms with E-state index in [2.05, 4.69) is 25.5 Å². The maximum atomic E-state index is 12.5. The van der Waals surface area contributed by atoms with E-state index in [1.54, 1.807) is 11.2 Å². The molecule has 2 amide bonds. The van der Waals surface area contributed by atoms with Gasteiger partial charge < -0.3 is 25.2 Å². The molecule has 0 aliphatic carbocycles. The molecule has 2 aliphatic rings. The van der Waals surface area contributed by atoms with Crippen molar-refractivity contribution >= 4 is 23.6 Å². The van der Waals surface area contributed by atoms with Crippen LogP contribution in [-0.2, 0) is 9.53 Å². The van der Waals surface area contributed by atoms with Gasteiger partial charge >= 0.3 is 6.09 Å². The van der Waals surface area contributed by atoms with Crippen molar-refractivity contribution < 1.29 is 14.3 Å². The topological polar surface area (TPSA) is 99.7 Å². The van der Waals surface area contributed by atoms with E-state index in [0.717, 1.165) is 63.4 Å². The zero-order valence-corrected chi connectivity index (χ0v) is 18.8. The quantitative estimate of drug-likeness (QED) is 0.651. The molecule has 9 heteroatoms. The van der Waals surface area contributed by atoms with Crippen LogP contribution >= 0.6 is 0 Å².